The van der Waals surface area contributed by atoms with Crippen molar-refractivity contribution in [3.8, 4) is 6.07 Å². The molecule has 0 atom stereocenters. The molecule has 166 valence electrons. The van der Waals surface area contributed by atoms with Crippen LogP contribution in [0.4, 0.5) is 5.69 Å². The molecule has 1 aliphatic carbocycles. The Balaban J connectivity index is 1.45. The van der Waals surface area contributed by atoms with Gasteiger partial charge in [-0.1, -0.05) is 17.8 Å². The predicted molar refractivity (Wildman–Crippen MR) is 129 cm³/mol. The van der Waals surface area contributed by atoms with Crippen molar-refractivity contribution < 1.29 is 9.21 Å². The van der Waals surface area contributed by atoms with E-state index in [1.807, 2.05) is 6.07 Å². The Bertz CT molecular complexity index is 1430. The van der Waals surface area contributed by atoms with E-state index in [1.54, 1.807) is 52.5 Å². The standard InChI is InChI=1S/C24H20N4O3S2/c25-12-15-5-3-6-16(11-15)26-20(29)14-32-24-27-22-21(18-8-1-2-9-19(18)33-22)23(30)28(24)13-17-7-4-10-31-17/h3-7,10-11H,1-2,8-9,13-14H2,(H,26,29). The topological polar surface area (TPSA) is 101 Å². The smallest absolute Gasteiger partial charge is 0.263 e. The lowest BCUT2D eigenvalue weighted by Gasteiger charge is -2.13. The first-order chi connectivity index (χ1) is 16.1. The fourth-order valence-corrected chi connectivity index (χ4v) is 6.12. The molecular weight excluding hydrogens is 456 g/mol. The number of aryl methyl sites for hydroxylation is 2. The molecule has 5 rings (SSSR count). The second-order valence-corrected chi connectivity index (χ2v) is 9.81. The lowest BCUT2D eigenvalue weighted by Crippen LogP contribution is -2.25. The molecule has 1 aromatic carbocycles. The summed E-state index contributed by atoms with van der Waals surface area (Å²) in [5, 5.41) is 13.0. The van der Waals surface area contributed by atoms with Gasteiger partial charge in [0.05, 0.1) is 35.6 Å². The van der Waals surface area contributed by atoms with Crippen molar-refractivity contribution in [2.24, 2.45) is 0 Å². The SMILES string of the molecule is N#Cc1cccc(NC(=O)CSc2nc3sc4c(c3c(=O)n2Cc2ccco2)CCCC4)c1. The summed E-state index contributed by atoms with van der Waals surface area (Å²) in [6.45, 7) is 0.258. The number of nitrogens with one attached hydrogen (secondary N) is 1. The molecule has 1 aliphatic rings. The molecule has 0 bridgehead atoms. The molecule has 0 unspecified atom stereocenters. The quantitative estimate of drug-likeness (QED) is 0.323. The third-order valence-corrected chi connectivity index (χ3v) is 7.70. The number of nitrogens with zero attached hydrogens (tertiary/aromatic N) is 3. The highest BCUT2D eigenvalue weighted by Gasteiger charge is 2.23. The van der Waals surface area contributed by atoms with Crippen molar-refractivity contribution in [2.75, 3.05) is 11.1 Å². The first-order valence-electron chi connectivity index (χ1n) is 10.6. The fourth-order valence-electron chi connectivity index (χ4n) is 4.02. The number of carbonyl (C=O) groups excluding carboxylic acids is 1. The Morgan fingerprint density at radius 2 is 2.15 bits per heavy atom. The lowest BCUT2D eigenvalue weighted by molar-refractivity contribution is -0.113. The highest BCUT2D eigenvalue weighted by Crippen LogP contribution is 2.34. The molecule has 3 heterocycles. The van der Waals surface area contributed by atoms with Gasteiger partial charge in [0.1, 0.15) is 10.6 Å². The van der Waals surface area contributed by atoms with Gasteiger partial charge in [-0.25, -0.2) is 4.98 Å². The van der Waals surface area contributed by atoms with Crippen LogP contribution in [0.1, 0.15) is 34.6 Å². The van der Waals surface area contributed by atoms with Crippen molar-refractivity contribution >= 4 is 44.9 Å². The predicted octanol–water partition coefficient (Wildman–Crippen LogP) is 4.58. The van der Waals surface area contributed by atoms with Gasteiger partial charge in [-0.15, -0.1) is 11.3 Å². The van der Waals surface area contributed by atoms with Crippen LogP contribution in [0.5, 0.6) is 0 Å². The van der Waals surface area contributed by atoms with E-state index in [1.165, 1.54) is 16.6 Å². The van der Waals surface area contributed by atoms with Crippen molar-refractivity contribution in [1.29, 1.82) is 5.26 Å². The Kier molecular flexibility index (Phi) is 6.03. The summed E-state index contributed by atoms with van der Waals surface area (Å²) < 4.78 is 7.09. The first-order valence-corrected chi connectivity index (χ1v) is 12.4. The van der Waals surface area contributed by atoms with Crippen LogP contribution in [-0.4, -0.2) is 21.2 Å². The van der Waals surface area contributed by atoms with E-state index >= 15 is 0 Å². The third-order valence-electron chi connectivity index (χ3n) is 5.54. The van der Waals surface area contributed by atoms with E-state index in [4.69, 9.17) is 14.7 Å². The van der Waals surface area contributed by atoms with Crippen molar-refractivity contribution in [3.05, 3.63) is 74.8 Å². The van der Waals surface area contributed by atoms with Gasteiger partial charge in [0.15, 0.2) is 5.16 Å². The Morgan fingerprint density at radius 1 is 1.27 bits per heavy atom. The summed E-state index contributed by atoms with van der Waals surface area (Å²) >= 11 is 2.81. The Hall–Kier alpha value is -3.35. The number of hydrogen-bond donors (Lipinski definition) is 1. The summed E-state index contributed by atoms with van der Waals surface area (Å²) in [7, 11) is 0. The van der Waals surface area contributed by atoms with Gasteiger partial charge in [-0.05, 0) is 61.6 Å². The molecule has 4 aromatic rings. The van der Waals surface area contributed by atoms with Crippen molar-refractivity contribution in [3.63, 3.8) is 0 Å². The van der Waals surface area contributed by atoms with Gasteiger partial charge in [-0.3, -0.25) is 14.2 Å². The van der Waals surface area contributed by atoms with Crippen LogP contribution in [-0.2, 0) is 24.2 Å². The van der Waals surface area contributed by atoms with Gasteiger partial charge in [-0.2, -0.15) is 5.26 Å². The zero-order valence-electron chi connectivity index (χ0n) is 17.7. The molecule has 0 saturated carbocycles. The van der Waals surface area contributed by atoms with E-state index in [-0.39, 0.29) is 23.8 Å². The van der Waals surface area contributed by atoms with Crippen LogP contribution >= 0.6 is 23.1 Å². The van der Waals surface area contributed by atoms with Crippen LogP contribution in [0.3, 0.4) is 0 Å². The number of fused-ring (bicyclic) bond motifs is 3. The maximum Gasteiger partial charge on any atom is 0.263 e. The van der Waals surface area contributed by atoms with Gasteiger partial charge >= 0.3 is 0 Å². The van der Waals surface area contributed by atoms with Gasteiger partial charge in [0.2, 0.25) is 5.91 Å². The average molecular weight is 477 g/mol. The van der Waals surface area contributed by atoms with Crippen LogP contribution in [0.15, 0.2) is 57.0 Å². The number of carbonyl (C=O) groups is 1. The van der Waals surface area contributed by atoms with Crippen LogP contribution in [0.2, 0.25) is 0 Å². The summed E-state index contributed by atoms with van der Waals surface area (Å²) in [5.74, 6) is 0.499. The minimum atomic E-state index is -0.237. The molecule has 0 radical (unpaired) electrons. The summed E-state index contributed by atoms with van der Waals surface area (Å²) in [6.07, 6.45) is 5.69. The molecule has 0 aliphatic heterocycles. The highest BCUT2D eigenvalue weighted by atomic mass is 32.2. The number of furan rings is 1. The number of nitriles is 1. The van der Waals surface area contributed by atoms with Gasteiger partial charge < -0.3 is 9.73 Å². The number of aromatic nitrogens is 2. The maximum atomic E-state index is 13.6. The summed E-state index contributed by atoms with van der Waals surface area (Å²) in [4.78, 5) is 32.9. The minimum absolute atomic E-state index is 0.0813. The first kappa shape index (κ1) is 21.5. The van der Waals surface area contributed by atoms with Crippen LogP contribution in [0, 0.1) is 11.3 Å². The normalized spacial score (nSPS) is 12.9. The fraction of sp³-hybridized carbons (Fsp3) is 0.250. The number of amides is 1. The van der Waals surface area contributed by atoms with Crippen LogP contribution in [0.25, 0.3) is 10.2 Å². The summed E-state index contributed by atoms with van der Waals surface area (Å²) in [5.41, 5.74) is 2.09. The molecule has 0 saturated heterocycles. The largest absolute Gasteiger partial charge is 0.467 e. The van der Waals surface area contributed by atoms with E-state index in [2.05, 4.69) is 11.4 Å². The summed E-state index contributed by atoms with van der Waals surface area (Å²) in [6, 6.07) is 12.4. The number of rotatable bonds is 6. The zero-order valence-corrected chi connectivity index (χ0v) is 19.3. The molecule has 1 amide bonds. The molecule has 0 spiro atoms. The average Bonchev–Trinajstić information content (AvgIpc) is 3.47. The molecule has 33 heavy (non-hydrogen) atoms. The van der Waals surface area contributed by atoms with Crippen molar-refractivity contribution in [2.45, 2.75) is 37.4 Å². The molecule has 1 N–H and O–H groups in total. The number of thioether (sulfide) groups is 1. The monoisotopic (exact) mass is 476 g/mol. The maximum absolute atomic E-state index is 13.6. The number of benzene rings is 1. The van der Waals surface area contributed by atoms with E-state index in [0.29, 0.717) is 27.6 Å². The lowest BCUT2D eigenvalue weighted by atomic mass is 9.97. The molecule has 9 heteroatoms. The Morgan fingerprint density at radius 3 is 2.97 bits per heavy atom. The zero-order chi connectivity index (χ0) is 22.8. The van der Waals surface area contributed by atoms with Gasteiger partial charge in [0.25, 0.3) is 5.56 Å². The number of hydrogen-bond acceptors (Lipinski definition) is 7. The second-order valence-electron chi connectivity index (χ2n) is 7.79. The molecular formula is C24H20N4O3S2. The Labute approximate surface area is 198 Å². The second kappa shape index (κ2) is 9.25. The van der Waals surface area contributed by atoms with E-state index in [0.717, 1.165) is 36.1 Å². The van der Waals surface area contributed by atoms with Crippen LogP contribution < -0.4 is 10.9 Å². The van der Waals surface area contributed by atoms with E-state index in [9.17, 15) is 9.59 Å². The number of anilines is 1. The molecule has 7 nitrogen and oxygen atoms in total. The van der Waals surface area contributed by atoms with Gasteiger partial charge in [0, 0.05) is 10.6 Å². The third kappa shape index (κ3) is 4.45. The molecule has 3 aromatic heterocycles. The number of thiophene rings is 1. The van der Waals surface area contributed by atoms with E-state index < -0.39 is 0 Å². The minimum Gasteiger partial charge on any atom is -0.467 e. The molecule has 0 fully saturated rings. The highest BCUT2D eigenvalue weighted by molar-refractivity contribution is 7.99. The van der Waals surface area contributed by atoms with Crippen molar-refractivity contribution in [1.82, 2.24) is 9.55 Å².